The summed E-state index contributed by atoms with van der Waals surface area (Å²) in [6.07, 6.45) is 1.20. The van der Waals surface area contributed by atoms with E-state index in [2.05, 4.69) is 30.2 Å². The molecule has 0 fully saturated rings. The Morgan fingerprint density at radius 1 is 1.05 bits per heavy atom. The summed E-state index contributed by atoms with van der Waals surface area (Å²) < 4.78 is 0. The Kier molecular flexibility index (Phi) is 7.53. The second-order valence-electron chi connectivity index (χ2n) is 9.34. The zero-order valence-electron chi connectivity index (χ0n) is 22.0. The van der Waals surface area contributed by atoms with Gasteiger partial charge in [-0.3, -0.25) is 14.5 Å². The van der Waals surface area contributed by atoms with Crippen LogP contribution in [0.4, 0.5) is 5.82 Å². The standard InChI is InChI=1S/C27H26N8O5/c1-17-21-13-14-24(36)33(27(21)29-18(2)28-17)16-19-9-11-20(12-10-19)22-6-3-4-7-23(22)26-30-32-34(31-26)25(37)8-5-15-40-35(38)39/h3-4,6-7,9-12H,5,8,13-16H2,1-2H3. The summed E-state index contributed by atoms with van der Waals surface area (Å²) in [6.45, 7) is 3.99. The number of hydrogen-bond donors (Lipinski definition) is 0. The highest BCUT2D eigenvalue weighted by molar-refractivity contribution is 5.95. The van der Waals surface area contributed by atoms with Crippen molar-refractivity contribution < 1.29 is 19.5 Å². The van der Waals surface area contributed by atoms with Gasteiger partial charge in [-0.25, -0.2) is 9.97 Å². The van der Waals surface area contributed by atoms with Gasteiger partial charge in [0.05, 0.1) is 13.2 Å². The molecule has 13 heteroatoms. The van der Waals surface area contributed by atoms with Crippen LogP contribution in [-0.4, -0.2) is 53.7 Å². The lowest BCUT2D eigenvalue weighted by atomic mass is 9.98. The number of tetrazole rings is 1. The average molecular weight is 543 g/mol. The van der Waals surface area contributed by atoms with E-state index in [1.165, 1.54) is 0 Å². The van der Waals surface area contributed by atoms with Crippen molar-refractivity contribution in [2.24, 2.45) is 0 Å². The third kappa shape index (κ3) is 5.67. The summed E-state index contributed by atoms with van der Waals surface area (Å²) in [5, 5.41) is 21.5. The highest BCUT2D eigenvalue weighted by Gasteiger charge is 2.27. The quantitative estimate of drug-likeness (QED) is 0.174. The first-order chi connectivity index (χ1) is 19.3. The van der Waals surface area contributed by atoms with Crippen molar-refractivity contribution in [1.82, 2.24) is 30.2 Å². The van der Waals surface area contributed by atoms with Gasteiger partial charge in [0.25, 0.3) is 11.0 Å². The van der Waals surface area contributed by atoms with E-state index in [-0.39, 0.29) is 31.2 Å². The van der Waals surface area contributed by atoms with E-state index in [4.69, 9.17) is 0 Å². The minimum Gasteiger partial charge on any atom is -0.314 e. The number of nitrogens with zero attached hydrogens (tertiary/aromatic N) is 8. The molecule has 0 N–H and O–H groups in total. The molecule has 0 radical (unpaired) electrons. The molecular formula is C27H26N8O5. The Bertz CT molecular complexity index is 1580. The van der Waals surface area contributed by atoms with Crippen molar-refractivity contribution in [3.63, 3.8) is 0 Å². The minimum absolute atomic E-state index is 0.0259. The van der Waals surface area contributed by atoms with Crippen molar-refractivity contribution in [3.05, 3.63) is 81.3 Å². The predicted molar refractivity (Wildman–Crippen MR) is 143 cm³/mol. The van der Waals surface area contributed by atoms with E-state index >= 15 is 0 Å². The molecule has 13 nitrogen and oxygen atoms in total. The number of benzene rings is 2. The Morgan fingerprint density at radius 3 is 2.55 bits per heavy atom. The summed E-state index contributed by atoms with van der Waals surface area (Å²) in [6, 6.07) is 15.4. The molecule has 1 aliphatic heterocycles. The number of aryl methyl sites for hydroxylation is 2. The molecule has 1 amide bonds. The number of fused-ring (bicyclic) bond motifs is 1. The van der Waals surface area contributed by atoms with E-state index in [9.17, 15) is 19.7 Å². The van der Waals surface area contributed by atoms with Crippen LogP contribution in [0.15, 0.2) is 48.5 Å². The molecule has 204 valence electrons. The van der Waals surface area contributed by atoms with Gasteiger partial charge in [0, 0.05) is 29.7 Å². The van der Waals surface area contributed by atoms with Crippen LogP contribution >= 0.6 is 0 Å². The lowest BCUT2D eigenvalue weighted by molar-refractivity contribution is -0.757. The second kappa shape index (κ2) is 11.4. The Morgan fingerprint density at radius 2 is 1.80 bits per heavy atom. The van der Waals surface area contributed by atoms with Crippen LogP contribution in [0.25, 0.3) is 22.5 Å². The number of carbonyl (C=O) groups excluding carboxylic acids is 2. The Hall–Kier alpha value is -5.07. The highest BCUT2D eigenvalue weighted by Crippen LogP contribution is 2.32. The fourth-order valence-electron chi connectivity index (χ4n) is 4.67. The normalized spacial score (nSPS) is 12.8. The molecule has 2 aromatic carbocycles. The van der Waals surface area contributed by atoms with Crippen molar-refractivity contribution in [2.45, 2.75) is 46.1 Å². The molecule has 0 aliphatic carbocycles. The Balaban J connectivity index is 1.33. The Labute approximate surface area is 228 Å². The molecule has 5 rings (SSSR count). The van der Waals surface area contributed by atoms with Crippen molar-refractivity contribution in [3.8, 4) is 22.5 Å². The molecule has 0 saturated carbocycles. The number of hydrogen-bond acceptors (Lipinski definition) is 10. The van der Waals surface area contributed by atoms with Gasteiger partial charge in [-0.1, -0.05) is 53.3 Å². The van der Waals surface area contributed by atoms with Gasteiger partial charge in [-0.05, 0) is 48.6 Å². The van der Waals surface area contributed by atoms with Crippen LogP contribution in [0.3, 0.4) is 0 Å². The summed E-state index contributed by atoms with van der Waals surface area (Å²) in [5.74, 6) is 1.18. The highest BCUT2D eigenvalue weighted by atomic mass is 16.9. The van der Waals surface area contributed by atoms with Crippen molar-refractivity contribution in [1.29, 1.82) is 0 Å². The van der Waals surface area contributed by atoms with Crippen molar-refractivity contribution >= 4 is 17.6 Å². The van der Waals surface area contributed by atoms with Gasteiger partial charge in [0.1, 0.15) is 11.6 Å². The number of amides is 1. The molecule has 1 aliphatic rings. The number of rotatable bonds is 9. The van der Waals surface area contributed by atoms with Crippen LogP contribution < -0.4 is 4.90 Å². The predicted octanol–water partition coefficient (Wildman–Crippen LogP) is 3.52. The third-order valence-electron chi connectivity index (χ3n) is 6.59. The first-order valence-corrected chi connectivity index (χ1v) is 12.7. The number of anilines is 1. The molecule has 0 bridgehead atoms. The fraction of sp³-hybridized carbons (Fsp3) is 0.296. The largest absolute Gasteiger partial charge is 0.314 e. The monoisotopic (exact) mass is 542 g/mol. The van der Waals surface area contributed by atoms with Gasteiger partial charge >= 0.3 is 0 Å². The van der Waals surface area contributed by atoms with Gasteiger partial charge < -0.3 is 4.84 Å². The first-order valence-electron chi connectivity index (χ1n) is 12.7. The molecule has 0 atom stereocenters. The molecule has 40 heavy (non-hydrogen) atoms. The lowest BCUT2D eigenvalue weighted by Gasteiger charge is -2.29. The maximum atomic E-state index is 12.8. The van der Waals surface area contributed by atoms with Gasteiger partial charge in [-0.15, -0.1) is 20.3 Å². The maximum absolute atomic E-state index is 12.8. The van der Waals surface area contributed by atoms with E-state index in [0.29, 0.717) is 36.6 Å². The topological polar surface area (TPSA) is 159 Å². The summed E-state index contributed by atoms with van der Waals surface area (Å²) >= 11 is 0. The number of carbonyl (C=O) groups is 2. The van der Waals surface area contributed by atoms with Crippen molar-refractivity contribution in [2.75, 3.05) is 11.5 Å². The number of aromatic nitrogens is 6. The van der Waals surface area contributed by atoms with E-state index in [1.54, 1.807) is 4.90 Å². The summed E-state index contributed by atoms with van der Waals surface area (Å²) in [7, 11) is 0. The van der Waals surface area contributed by atoms with Gasteiger partial charge in [-0.2, -0.15) is 0 Å². The van der Waals surface area contributed by atoms with Crippen LogP contribution in [0.2, 0.25) is 0 Å². The smallest absolute Gasteiger partial charge is 0.294 e. The van der Waals surface area contributed by atoms with Crippen LogP contribution in [0.1, 0.15) is 46.7 Å². The second-order valence-corrected chi connectivity index (χ2v) is 9.34. The molecule has 3 heterocycles. The molecular weight excluding hydrogens is 516 g/mol. The van der Waals surface area contributed by atoms with Crippen LogP contribution in [-0.2, 0) is 22.6 Å². The molecule has 0 saturated heterocycles. The zero-order chi connectivity index (χ0) is 28.2. The summed E-state index contributed by atoms with van der Waals surface area (Å²) in [5.41, 5.74) is 5.31. The van der Waals surface area contributed by atoms with E-state index in [0.717, 1.165) is 32.7 Å². The molecule has 2 aromatic heterocycles. The van der Waals surface area contributed by atoms with Gasteiger partial charge in [0.15, 0.2) is 0 Å². The zero-order valence-corrected chi connectivity index (χ0v) is 22.0. The molecule has 0 unspecified atom stereocenters. The first kappa shape index (κ1) is 26.5. The van der Waals surface area contributed by atoms with Gasteiger partial charge in [0.2, 0.25) is 11.7 Å². The molecule has 0 spiro atoms. The van der Waals surface area contributed by atoms with E-state index in [1.807, 2.05) is 62.4 Å². The lowest BCUT2D eigenvalue weighted by Crippen LogP contribution is -2.36. The molecule has 4 aromatic rings. The van der Waals surface area contributed by atoms with Crippen LogP contribution in [0, 0.1) is 24.0 Å². The maximum Gasteiger partial charge on any atom is 0.294 e. The minimum atomic E-state index is -0.900. The SMILES string of the molecule is Cc1nc(C)c2c(n1)N(Cc1ccc(-c3ccccc3-c3nnn(C(=O)CCCO[N+](=O)[O-])n3)cc1)C(=O)CC2. The summed E-state index contributed by atoms with van der Waals surface area (Å²) in [4.78, 5) is 51.3. The third-order valence-corrected chi connectivity index (χ3v) is 6.59. The van der Waals surface area contributed by atoms with E-state index < -0.39 is 11.0 Å². The fourth-order valence-corrected chi connectivity index (χ4v) is 4.67. The average Bonchev–Trinajstić information content (AvgIpc) is 3.43. The van der Waals surface area contributed by atoms with Crippen LogP contribution in [0.5, 0.6) is 0 Å².